The molecule has 1 aromatic heterocycles. The molecule has 0 saturated heterocycles. The lowest BCUT2D eigenvalue weighted by Gasteiger charge is -2.21. The molecule has 0 saturated carbocycles. The fourth-order valence-electron chi connectivity index (χ4n) is 2.64. The van der Waals surface area contributed by atoms with Gasteiger partial charge in [-0.15, -0.1) is 0 Å². The Balaban J connectivity index is 1.95. The molecule has 1 aromatic carbocycles. The van der Waals surface area contributed by atoms with Crippen molar-refractivity contribution in [3.8, 4) is 0 Å². The number of primary amides is 1. The smallest absolute Gasteiger partial charge is 0.252 e. The number of azide groups is 1. The molecular weight excluding hydrogens is 390 g/mol. The molecule has 0 spiro atoms. The number of amides is 2. The van der Waals surface area contributed by atoms with Crippen molar-refractivity contribution in [2.75, 3.05) is 13.1 Å². The lowest BCUT2D eigenvalue weighted by atomic mass is 10.0. The van der Waals surface area contributed by atoms with Gasteiger partial charge in [0.15, 0.2) is 0 Å². The maximum absolute atomic E-state index is 11.9. The molecule has 1 heterocycles. The molecule has 0 fully saturated rings. The Morgan fingerprint density at radius 1 is 1.34 bits per heavy atom. The topological polar surface area (TPSA) is 145 Å². The average Bonchev–Trinajstić information content (AvgIpc) is 3.25. The maximum Gasteiger partial charge on any atom is 0.252 e. The second-order valence-corrected chi connectivity index (χ2v) is 7.09. The van der Waals surface area contributed by atoms with Gasteiger partial charge >= 0.3 is 0 Å². The number of hydrogen-bond donors (Lipinski definition) is 3. The van der Waals surface area contributed by atoms with Gasteiger partial charge in [-0.3, -0.25) is 14.6 Å². The van der Waals surface area contributed by atoms with Crippen LogP contribution in [0.2, 0.25) is 0 Å². The number of nitrogens with one attached hydrogen (secondary N) is 2. The van der Waals surface area contributed by atoms with Crippen molar-refractivity contribution < 1.29 is 9.59 Å². The Bertz CT molecular complexity index is 892. The molecule has 2 aromatic rings. The van der Waals surface area contributed by atoms with E-state index in [2.05, 4.69) is 25.7 Å². The van der Waals surface area contributed by atoms with Gasteiger partial charge in [-0.25, -0.2) is 0 Å². The average molecular weight is 414 g/mol. The third-order valence-electron chi connectivity index (χ3n) is 4.18. The van der Waals surface area contributed by atoms with E-state index in [0.29, 0.717) is 18.7 Å². The lowest BCUT2D eigenvalue weighted by molar-refractivity contribution is -0.121. The van der Waals surface area contributed by atoms with Crippen LogP contribution in [-0.2, 0) is 11.3 Å². The van der Waals surface area contributed by atoms with Crippen molar-refractivity contribution >= 4 is 35.1 Å². The van der Waals surface area contributed by atoms with E-state index in [-0.39, 0.29) is 18.4 Å². The maximum atomic E-state index is 11.9. The van der Waals surface area contributed by atoms with Crippen LogP contribution in [-0.4, -0.2) is 37.2 Å². The van der Waals surface area contributed by atoms with Crippen LogP contribution in [0, 0.1) is 5.92 Å². The number of aliphatic imine (C=N–C) groups is 1. The summed E-state index contributed by atoms with van der Waals surface area (Å²) >= 11 is 1.46. The van der Waals surface area contributed by atoms with E-state index in [1.807, 2.05) is 29.6 Å². The van der Waals surface area contributed by atoms with Gasteiger partial charge in [-0.05, 0) is 34.5 Å². The monoisotopic (exact) mass is 413 g/mol. The summed E-state index contributed by atoms with van der Waals surface area (Å²) in [4.78, 5) is 30.8. The number of rotatable bonds is 11. The van der Waals surface area contributed by atoms with Crippen LogP contribution in [0.1, 0.15) is 22.8 Å². The summed E-state index contributed by atoms with van der Waals surface area (Å²) in [6.07, 6.45) is 1.62. The van der Waals surface area contributed by atoms with Gasteiger partial charge in [-0.2, -0.15) is 11.3 Å². The summed E-state index contributed by atoms with van der Waals surface area (Å²) in [5.74, 6) is -0.903. The normalized spacial score (nSPS) is 12.9. The van der Waals surface area contributed by atoms with Crippen LogP contribution in [0.4, 0.5) is 5.69 Å². The van der Waals surface area contributed by atoms with Gasteiger partial charge in [0.25, 0.3) is 5.91 Å². The summed E-state index contributed by atoms with van der Waals surface area (Å²) < 4.78 is 0. The van der Waals surface area contributed by atoms with Gasteiger partial charge in [0.1, 0.15) is 0 Å². The zero-order chi connectivity index (χ0) is 21.1. The second kappa shape index (κ2) is 11.6. The van der Waals surface area contributed by atoms with E-state index in [4.69, 9.17) is 11.3 Å². The molecule has 2 amide bonds. The minimum absolute atomic E-state index is 0.147. The summed E-state index contributed by atoms with van der Waals surface area (Å²) in [6, 6.07) is 8.59. The summed E-state index contributed by atoms with van der Waals surface area (Å²) in [6.45, 7) is 2.62. The number of para-hydroxylation sites is 1. The summed E-state index contributed by atoms with van der Waals surface area (Å²) in [7, 11) is 0. The first kappa shape index (κ1) is 22.1. The first-order chi connectivity index (χ1) is 14.0. The van der Waals surface area contributed by atoms with Gasteiger partial charge in [0.2, 0.25) is 5.91 Å². The molecule has 2 atom stereocenters. The number of hydrogen-bond acceptors (Lipinski definition) is 6. The highest BCUT2D eigenvalue weighted by molar-refractivity contribution is 7.08. The van der Waals surface area contributed by atoms with Gasteiger partial charge in [0.05, 0.1) is 18.3 Å². The Morgan fingerprint density at radius 3 is 2.83 bits per heavy atom. The number of nitrogens with zero attached hydrogens (tertiary/aromatic N) is 4. The number of carbonyl (C=O) groups excluding carboxylic acids is 2. The van der Waals surface area contributed by atoms with E-state index >= 15 is 0 Å². The fourth-order valence-corrected chi connectivity index (χ4v) is 3.27. The Morgan fingerprint density at radius 2 is 2.14 bits per heavy atom. The zero-order valence-electron chi connectivity index (χ0n) is 16.0. The highest BCUT2D eigenvalue weighted by atomic mass is 32.1. The standard InChI is InChI=1S/C19H23N7O2S/c1-13(10-25-26-21)17(18(20)27)24-11-14-4-2-3-5-16(14)22-7-8-23-19(28)15-6-9-29-12-15/h2-7,9,12-13,17,24H,8,10-11H2,1H3,(H2,20,27)(H,23,28)/b22-7+/t13?,17-/m0/s1. The molecule has 4 N–H and O–H groups in total. The Hall–Kier alpha value is -3.20. The van der Waals surface area contributed by atoms with E-state index in [0.717, 1.165) is 11.3 Å². The first-order valence-corrected chi connectivity index (χ1v) is 9.91. The van der Waals surface area contributed by atoms with Crippen molar-refractivity contribution in [3.05, 3.63) is 62.7 Å². The van der Waals surface area contributed by atoms with E-state index in [9.17, 15) is 9.59 Å². The SMILES string of the molecule is CC(CN=[N+]=[N-])[C@H](NCc1ccccc1/N=C/CNC(=O)c1ccsc1)C(N)=O. The highest BCUT2D eigenvalue weighted by Gasteiger charge is 2.22. The van der Waals surface area contributed by atoms with Crippen molar-refractivity contribution in [2.24, 2.45) is 21.8 Å². The molecule has 0 aliphatic rings. The van der Waals surface area contributed by atoms with Crippen LogP contribution in [0.15, 0.2) is 51.2 Å². The predicted octanol–water partition coefficient (Wildman–Crippen LogP) is 2.77. The Labute approximate surface area is 172 Å². The minimum Gasteiger partial charge on any atom is -0.368 e. The van der Waals surface area contributed by atoms with Crippen molar-refractivity contribution in [1.82, 2.24) is 10.6 Å². The third-order valence-corrected chi connectivity index (χ3v) is 4.86. The van der Waals surface area contributed by atoms with Crippen LogP contribution in [0.25, 0.3) is 10.4 Å². The molecule has 152 valence electrons. The Kier molecular flexibility index (Phi) is 8.84. The molecule has 0 aliphatic carbocycles. The van der Waals surface area contributed by atoms with Gasteiger partial charge < -0.3 is 16.4 Å². The van der Waals surface area contributed by atoms with Gasteiger partial charge in [0, 0.05) is 35.2 Å². The fraction of sp³-hybridized carbons (Fsp3) is 0.316. The van der Waals surface area contributed by atoms with Crippen LogP contribution in [0.5, 0.6) is 0 Å². The molecule has 0 radical (unpaired) electrons. The van der Waals surface area contributed by atoms with Crippen LogP contribution < -0.4 is 16.4 Å². The van der Waals surface area contributed by atoms with Gasteiger partial charge in [-0.1, -0.05) is 30.2 Å². The van der Waals surface area contributed by atoms with Crippen molar-refractivity contribution in [3.63, 3.8) is 0 Å². The third kappa shape index (κ3) is 7.04. The van der Waals surface area contributed by atoms with E-state index < -0.39 is 11.9 Å². The van der Waals surface area contributed by atoms with Crippen LogP contribution >= 0.6 is 11.3 Å². The molecule has 29 heavy (non-hydrogen) atoms. The number of nitrogens with two attached hydrogens (primary N) is 1. The van der Waals surface area contributed by atoms with Crippen LogP contribution in [0.3, 0.4) is 0 Å². The lowest BCUT2D eigenvalue weighted by Crippen LogP contribution is -2.46. The largest absolute Gasteiger partial charge is 0.368 e. The van der Waals surface area contributed by atoms with E-state index in [1.54, 1.807) is 24.6 Å². The zero-order valence-corrected chi connectivity index (χ0v) is 16.8. The van der Waals surface area contributed by atoms with E-state index in [1.165, 1.54) is 11.3 Å². The summed E-state index contributed by atoms with van der Waals surface area (Å²) in [5, 5.41) is 13.0. The van der Waals surface area contributed by atoms with Crippen molar-refractivity contribution in [2.45, 2.75) is 19.5 Å². The molecular formula is C19H23N7O2S. The molecule has 0 aliphatic heterocycles. The number of benzene rings is 1. The quantitative estimate of drug-likeness (QED) is 0.225. The molecule has 0 bridgehead atoms. The van der Waals surface area contributed by atoms with Crippen molar-refractivity contribution in [1.29, 1.82) is 0 Å². The number of carbonyl (C=O) groups is 2. The first-order valence-electron chi connectivity index (χ1n) is 8.97. The highest BCUT2D eigenvalue weighted by Crippen LogP contribution is 2.18. The molecule has 9 nitrogen and oxygen atoms in total. The minimum atomic E-state index is -0.637. The summed E-state index contributed by atoms with van der Waals surface area (Å²) in [5.41, 5.74) is 16.1. The predicted molar refractivity (Wildman–Crippen MR) is 114 cm³/mol. The number of thiophene rings is 1. The molecule has 2 rings (SSSR count). The molecule has 10 heteroatoms. The second-order valence-electron chi connectivity index (χ2n) is 6.31. The molecule has 1 unspecified atom stereocenters.